The van der Waals surface area contributed by atoms with Crippen molar-refractivity contribution in [3.8, 4) is 11.1 Å². The lowest BCUT2D eigenvalue weighted by molar-refractivity contribution is 0.0526. The third kappa shape index (κ3) is 3.37. The van der Waals surface area contributed by atoms with Crippen LogP contribution in [0.3, 0.4) is 0 Å². The maximum absolute atomic E-state index is 12.0. The van der Waals surface area contributed by atoms with Crippen LogP contribution in [0.1, 0.15) is 38.0 Å². The highest BCUT2D eigenvalue weighted by Crippen LogP contribution is 2.27. The molecule has 0 unspecified atom stereocenters. The fourth-order valence-electron chi connectivity index (χ4n) is 2.20. The number of aromatic carboxylic acids is 2. The second-order valence-corrected chi connectivity index (χ2v) is 4.64. The van der Waals surface area contributed by atoms with Crippen LogP contribution in [0.15, 0.2) is 42.5 Å². The highest BCUT2D eigenvalue weighted by atomic mass is 16.5. The van der Waals surface area contributed by atoms with Crippen LogP contribution in [0.25, 0.3) is 11.1 Å². The molecule has 0 bridgehead atoms. The second kappa shape index (κ2) is 6.74. The van der Waals surface area contributed by atoms with Crippen LogP contribution in [0.4, 0.5) is 0 Å². The van der Waals surface area contributed by atoms with Gasteiger partial charge in [0.25, 0.3) is 0 Å². The Kier molecular flexibility index (Phi) is 4.75. The van der Waals surface area contributed by atoms with Crippen molar-refractivity contribution in [2.75, 3.05) is 6.61 Å². The smallest absolute Gasteiger partial charge is 0.338 e. The molecule has 23 heavy (non-hydrogen) atoms. The van der Waals surface area contributed by atoms with Gasteiger partial charge < -0.3 is 14.9 Å². The van der Waals surface area contributed by atoms with Crippen LogP contribution in [-0.4, -0.2) is 34.7 Å². The Morgan fingerprint density at radius 3 is 2.17 bits per heavy atom. The lowest BCUT2D eigenvalue weighted by Gasteiger charge is -2.10. The van der Waals surface area contributed by atoms with E-state index in [1.165, 1.54) is 18.2 Å². The van der Waals surface area contributed by atoms with E-state index in [1.54, 1.807) is 31.2 Å². The van der Waals surface area contributed by atoms with Gasteiger partial charge in [0.2, 0.25) is 0 Å². The number of hydrogen-bond acceptors (Lipinski definition) is 4. The van der Waals surface area contributed by atoms with E-state index in [2.05, 4.69) is 0 Å². The average molecular weight is 314 g/mol. The Hall–Kier alpha value is -3.15. The minimum absolute atomic E-state index is 0.214. The van der Waals surface area contributed by atoms with Gasteiger partial charge in [-0.15, -0.1) is 0 Å². The van der Waals surface area contributed by atoms with Crippen molar-refractivity contribution in [1.29, 1.82) is 0 Å². The zero-order valence-electron chi connectivity index (χ0n) is 12.3. The Morgan fingerprint density at radius 1 is 0.913 bits per heavy atom. The van der Waals surface area contributed by atoms with Crippen molar-refractivity contribution in [3.05, 3.63) is 59.2 Å². The van der Waals surface area contributed by atoms with Gasteiger partial charge in [-0.2, -0.15) is 0 Å². The number of carbonyl (C=O) groups is 3. The molecule has 0 atom stereocenters. The van der Waals surface area contributed by atoms with Crippen molar-refractivity contribution < 1.29 is 29.3 Å². The van der Waals surface area contributed by atoms with Gasteiger partial charge in [-0.3, -0.25) is 0 Å². The van der Waals surface area contributed by atoms with Crippen LogP contribution < -0.4 is 0 Å². The predicted molar refractivity (Wildman–Crippen MR) is 81.8 cm³/mol. The minimum Gasteiger partial charge on any atom is -0.478 e. The number of benzene rings is 2. The van der Waals surface area contributed by atoms with Gasteiger partial charge in [-0.05, 0) is 36.2 Å². The summed E-state index contributed by atoms with van der Waals surface area (Å²) in [6.45, 7) is 1.90. The predicted octanol–water partition coefficient (Wildman–Crippen LogP) is 2.93. The van der Waals surface area contributed by atoms with Gasteiger partial charge in [-0.25, -0.2) is 14.4 Å². The summed E-state index contributed by atoms with van der Waals surface area (Å²) >= 11 is 0. The molecule has 2 aromatic rings. The molecule has 6 heteroatoms. The summed E-state index contributed by atoms with van der Waals surface area (Å²) in [5.74, 6) is -3.20. The number of rotatable bonds is 5. The number of hydrogen-bond donors (Lipinski definition) is 2. The van der Waals surface area contributed by atoms with E-state index in [-0.39, 0.29) is 23.3 Å². The quantitative estimate of drug-likeness (QED) is 0.823. The monoisotopic (exact) mass is 314 g/mol. The largest absolute Gasteiger partial charge is 0.478 e. The molecule has 0 aliphatic carbocycles. The molecule has 0 heterocycles. The number of ether oxygens (including phenoxy) is 1. The molecule has 0 saturated carbocycles. The maximum atomic E-state index is 12.0. The normalized spacial score (nSPS) is 10.1. The zero-order chi connectivity index (χ0) is 17.0. The number of esters is 1. The van der Waals surface area contributed by atoms with Gasteiger partial charge in [0.15, 0.2) is 0 Å². The Morgan fingerprint density at radius 2 is 1.57 bits per heavy atom. The van der Waals surface area contributed by atoms with E-state index < -0.39 is 17.9 Å². The summed E-state index contributed by atoms with van der Waals surface area (Å²) in [4.78, 5) is 34.4. The Bertz CT molecular complexity index is 778. The number of carbonyl (C=O) groups excluding carboxylic acids is 1. The minimum atomic E-state index is -1.35. The molecule has 0 aliphatic rings. The summed E-state index contributed by atoms with van der Waals surface area (Å²) < 4.78 is 4.98. The number of carboxylic acids is 2. The summed E-state index contributed by atoms with van der Waals surface area (Å²) in [7, 11) is 0. The van der Waals surface area contributed by atoms with Crippen molar-refractivity contribution in [3.63, 3.8) is 0 Å². The first-order valence-corrected chi connectivity index (χ1v) is 6.82. The molecule has 118 valence electrons. The van der Waals surface area contributed by atoms with E-state index in [0.717, 1.165) is 0 Å². The fourth-order valence-corrected chi connectivity index (χ4v) is 2.20. The van der Waals surface area contributed by atoms with Crippen molar-refractivity contribution in [2.45, 2.75) is 6.92 Å². The summed E-state index contributed by atoms with van der Waals surface area (Å²) in [6.07, 6.45) is 0. The van der Waals surface area contributed by atoms with Gasteiger partial charge in [0.05, 0.1) is 23.3 Å². The van der Waals surface area contributed by atoms with E-state index in [0.29, 0.717) is 11.1 Å². The third-order valence-corrected chi connectivity index (χ3v) is 3.21. The van der Waals surface area contributed by atoms with Crippen molar-refractivity contribution in [2.24, 2.45) is 0 Å². The summed E-state index contributed by atoms with van der Waals surface area (Å²) in [5, 5.41) is 18.2. The molecule has 0 saturated heterocycles. The van der Waals surface area contributed by atoms with E-state index in [4.69, 9.17) is 9.84 Å². The van der Waals surface area contributed by atoms with E-state index in [9.17, 15) is 19.5 Å². The average Bonchev–Trinajstić information content (AvgIpc) is 2.54. The Labute approximate surface area is 131 Å². The fraction of sp³-hybridized carbons (Fsp3) is 0.118. The Balaban J connectivity index is 2.60. The van der Waals surface area contributed by atoms with Gasteiger partial charge in [0.1, 0.15) is 0 Å². The second-order valence-electron chi connectivity index (χ2n) is 4.64. The molecule has 2 rings (SSSR count). The highest BCUT2D eigenvalue weighted by molar-refractivity contribution is 6.04. The first-order valence-electron chi connectivity index (χ1n) is 6.82. The molecule has 0 fully saturated rings. The van der Waals surface area contributed by atoms with Crippen LogP contribution in [0.2, 0.25) is 0 Å². The van der Waals surface area contributed by atoms with E-state index >= 15 is 0 Å². The molecule has 0 amide bonds. The summed E-state index contributed by atoms with van der Waals surface area (Å²) in [5.41, 5.74) is 0.540. The maximum Gasteiger partial charge on any atom is 0.338 e. The molecule has 0 radical (unpaired) electrons. The van der Waals surface area contributed by atoms with Crippen LogP contribution >= 0.6 is 0 Å². The van der Waals surface area contributed by atoms with Gasteiger partial charge in [0, 0.05) is 0 Å². The summed E-state index contributed by atoms with van der Waals surface area (Å²) in [6, 6.07) is 10.5. The topological polar surface area (TPSA) is 101 Å². The standard InChI is InChI=1S/C17H14O6/c1-2-23-17(22)13-6-4-3-5-11(13)10-7-8-12(15(18)19)14(9-10)16(20)21/h3-9H,2H2,1H3,(H,18,19)(H,20,21). The third-order valence-electron chi connectivity index (χ3n) is 3.21. The zero-order valence-corrected chi connectivity index (χ0v) is 12.3. The van der Waals surface area contributed by atoms with Crippen LogP contribution in [0, 0.1) is 0 Å². The molecule has 0 aliphatic heterocycles. The first-order chi connectivity index (χ1) is 11.0. The molecule has 0 aromatic heterocycles. The molecule has 2 aromatic carbocycles. The molecule has 0 spiro atoms. The van der Waals surface area contributed by atoms with Gasteiger partial charge >= 0.3 is 17.9 Å². The lowest BCUT2D eigenvalue weighted by Crippen LogP contribution is -2.09. The highest BCUT2D eigenvalue weighted by Gasteiger charge is 2.19. The first kappa shape index (κ1) is 16.2. The van der Waals surface area contributed by atoms with Crippen LogP contribution in [-0.2, 0) is 4.74 Å². The van der Waals surface area contributed by atoms with Crippen LogP contribution in [0.5, 0.6) is 0 Å². The SMILES string of the molecule is CCOC(=O)c1ccccc1-c1ccc(C(=O)O)c(C(=O)O)c1. The number of carboxylic acid groups (broad SMARTS) is 2. The lowest BCUT2D eigenvalue weighted by atomic mass is 9.95. The molecule has 2 N–H and O–H groups in total. The van der Waals surface area contributed by atoms with Crippen molar-refractivity contribution in [1.82, 2.24) is 0 Å². The molecule has 6 nitrogen and oxygen atoms in total. The molecular formula is C17H14O6. The van der Waals surface area contributed by atoms with E-state index in [1.807, 2.05) is 0 Å². The van der Waals surface area contributed by atoms with Crippen molar-refractivity contribution >= 4 is 17.9 Å². The van der Waals surface area contributed by atoms with Gasteiger partial charge in [-0.1, -0.05) is 24.3 Å². The molecular weight excluding hydrogens is 300 g/mol.